The lowest BCUT2D eigenvalue weighted by Crippen LogP contribution is -2.43. The zero-order valence-electron chi connectivity index (χ0n) is 18.1. The topological polar surface area (TPSA) is 76.1 Å². The van der Waals surface area contributed by atoms with Gasteiger partial charge in [0.05, 0.1) is 11.2 Å². The second-order valence-electron chi connectivity index (χ2n) is 8.61. The fourth-order valence-electron chi connectivity index (χ4n) is 4.12. The van der Waals surface area contributed by atoms with E-state index in [-0.39, 0.29) is 30.3 Å². The van der Waals surface area contributed by atoms with Gasteiger partial charge in [-0.25, -0.2) is 0 Å². The number of hydrogen-bond acceptors (Lipinski definition) is 4. The minimum atomic E-state index is -0.828. The molecule has 1 heterocycles. The van der Waals surface area contributed by atoms with E-state index >= 15 is 0 Å². The maximum atomic E-state index is 13.1. The lowest BCUT2D eigenvalue weighted by molar-refractivity contribution is -0.129. The van der Waals surface area contributed by atoms with Crippen molar-refractivity contribution in [3.05, 3.63) is 51.6 Å². The van der Waals surface area contributed by atoms with E-state index in [9.17, 15) is 14.4 Å². The summed E-state index contributed by atoms with van der Waals surface area (Å²) in [6, 6.07) is 7.74. The molecule has 6 heteroatoms. The molecule has 5 nitrogen and oxygen atoms in total. The Balaban J connectivity index is 1.85. The Bertz CT molecular complexity index is 1070. The molecule has 1 fully saturated rings. The third-order valence-corrected chi connectivity index (χ3v) is 6.08. The molecule has 0 bridgehead atoms. The smallest absolute Gasteiger partial charge is 0.221 e. The molecule has 1 saturated carbocycles. The number of aryl methyl sites for hydroxylation is 2. The van der Waals surface area contributed by atoms with Gasteiger partial charge in [0.2, 0.25) is 5.91 Å². The van der Waals surface area contributed by atoms with Crippen LogP contribution in [0.1, 0.15) is 49.3 Å². The predicted octanol–water partition coefficient (Wildman–Crippen LogP) is 4.29. The Morgan fingerprint density at radius 1 is 1.26 bits per heavy atom. The zero-order chi connectivity index (χ0) is 22.9. The number of benzene rings is 1. The van der Waals surface area contributed by atoms with Gasteiger partial charge in [-0.15, -0.1) is 6.42 Å². The van der Waals surface area contributed by atoms with Crippen LogP contribution in [0.4, 0.5) is 0 Å². The van der Waals surface area contributed by atoms with Crippen molar-refractivity contribution < 1.29 is 14.4 Å². The number of ketones is 2. The second kappa shape index (κ2) is 8.76. The number of terminal acetylenes is 1. The number of hydrogen-bond donors (Lipinski definition) is 1. The molecular formula is C25H25BrN2O3. The molecule has 1 N–H and O–H groups in total. The molecule has 2 aromatic rings. The van der Waals surface area contributed by atoms with Gasteiger partial charge >= 0.3 is 0 Å². The number of pyridine rings is 1. The fourth-order valence-corrected chi connectivity index (χ4v) is 4.35. The highest BCUT2D eigenvalue weighted by Crippen LogP contribution is 2.38. The Hall–Kier alpha value is -2.78. The number of carbonyl (C=O) groups excluding carboxylic acids is 3. The molecule has 3 rings (SSSR count). The molecule has 1 aliphatic carbocycles. The summed E-state index contributed by atoms with van der Waals surface area (Å²) in [5, 5.41) is 2.73. The van der Waals surface area contributed by atoms with Gasteiger partial charge in [-0.1, -0.05) is 5.92 Å². The van der Waals surface area contributed by atoms with Crippen molar-refractivity contribution in [3.8, 4) is 23.6 Å². The van der Waals surface area contributed by atoms with Crippen LogP contribution in [0.3, 0.4) is 0 Å². The first-order valence-corrected chi connectivity index (χ1v) is 10.9. The van der Waals surface area contributed by atoms with Gasteiger partial charge in [0.1, 0.15) is 11.7 Å². The number of aromatic nitrogens is 1. The highest BCUT2D eigenvalue weighted by atomic mass is 79.9. The summed E-state index contributed by atoms with van der Waals surface area (Å²) in [5.74, 6) is 0.388. The van der Waals surface area contributed by atoms with E-state index in [1.807, 2.05) is 38.1 Å². The zero-order valence-corrected chi connectivity index (χ0v) is 19.7. The van der Waals surface area contributed by atoms with Crippen LogP contribution >= 0.6 is 15.9 Å². The summed E-state index contributed by atoms with van der Waals surface area (Å²) < 4.78 is 0.893. The summed E-state index contributed by atoms with van der Waals surface area (Å²) in [5.41, 5.74) is 3.41. The molecule has 0 radical (unpaired) electrons. The van der Waals surface area contributed by atoms with Gasteiger partial charge in [0.25, 0.3) is 0 Å². The molecule has 1 aromatic heterocycles. The molecule has 1 aliphatic rings. The quantitative estimate of drug-likeness (QED) is 0.511. The van der Waals surface area contributed by atoms with E-state index in [1.54, 1.807) is 20.0 Å². The third kappa shape index (κ3) is 4.94. The number of carbonyl (C=O) groups is 3. The summed E-state index contributed by atoms with van der Waals surface area (Å²) in [7, 11) is 0. The van der Waals surface area contributed by atoms with Crippen LogP contribution < -0.4 is 5.32 Å². The number of amides is 1. The van der Waals surface area contributed by atoms with Crippen LogP contribution in [-0.4, -0.2) is 28.0 Å². The van der Waals surface area contributed by atoms with Gasteiger partial charge in [-0.2, -0.15) is 0 Å². The standard InChI is InChI=1S/C25H25BrN2O3/c1-6-25(4,5)28-21(30)12-17-11-20(29)23(24(17)31)22-14(2)9-16(10-15(22)3)19-8-7-18(26)13-27-19/h1,7-10,13,17,23H,11-12H2,2-5H3,(H,28,30). The van der Waals surface area contributed by atoms with Crippen LogP contribution in [0.15, 0.2) is 34.9 Å². The average Bonchev–Trinajstić information content (AvgIpc) is 2.95. The van der Waals surface area contributed by atoms with Crippen LogP contribution in [0, 0.1) is 32.1 Å². The van der Waals surface area contributed by atoms with Crippen molar-refractivity contribution in [2.45, 2.75) is 52.0 Å². The van der Waals surface area contributed by atoms with E-state index in [1.165, 1.54) is 0 Å². The molecule has 0 spiro atoms. The van der Waals surface area contributed by atoms with Gasteiger partial charge in [-0.05, 0) is 84.6 Å². The highest BCUT2D eigenvalue weighted by Gasteiger charge is 2.44. The number of nitrogens with zero attached hydrogens (tertiary/aromatic N) is 1. The molecule has 160 valence electrons. The van der Waals surface area contributed by atoms with Crippen molar-refractivity contribution in [2.24, 2.45) is 5.92 Å². The molecule has 2 unspecified atom stereocenters. The minimum Gasteiger partial charge on any atom is -0.340 e. The highest BCUT2D eigenvalue weighted by molar-refractivity contribution is 9.10. The average molecular weight is 481 g/mol. The van der Waals surface area contributed by atoms with Gasteiger partial charge in [0.15, 0.2) is 5.78 Å². The molecule has 1 amide bonds. The number of nitrogens with one attached hydrogen (secondary N) is 1. The van der Waals surface area contributed by atoms with Crippen LogP contribution in [0.25, 0.3) is 11.3 Å². The molecule has 0 saturated heterocycles. The van der Waals surface area contributed by atoms with E-state index < -0.39 is 17.4 Å². The fraction of sp³-hybridized carbons (Fsp3) is 0.360. The number of Topliss-reactive ketones (excluding diaryl/α,β-unsaturated/α-hetero) is 2. The second-order valence-corrected chi connectivity index (χ2v) is 9.53. The summed E-state index contributed by atoms with van der Waals surface area (Å²) in [6.07, 6.45) is 7.18. The van der Waals surface area contributed by atoms with Crippen LogP contribution in [0.2, 0.25) is 0 Å². The lowest BCUT2D eigenvalue weighted by atomic mass is 9.85. The first-order chi connectivity index (χ1) is 14.5. The van der Waals surface area contributed by atoms with Crippen LogP contribution in [-0.2, 0) is 14.4 Å². The van der Waals surface area contributed by atoms with E-state index in [0.29, 0.717) is 0 Å². The normalized spacial score (nSPS) is 18.7. The summed E-state index contributed by atoms with van der Waals surface area (Å²) in [4.78, 5) is 42.7. The predicted molar refractivity (Wildman–Crippen MR) is 123 cm³/mol. The largest absolute Gasteiger partial charge is 0.340 e. The monoisotopic (exact) mass is 480 g/mol. The first kappa shape index (κ1) is 22.9. The van der Waals surface area contributed by atoms with E-state index in [2.05, 4.69) is 32.2 Å². The maximum absolute atomic E-state index is 13.1. The Morgan fingerprint density at radius 3 is 2.45 bits per heavy atom. The molecular weight excluding hydrogens is 456 g/mol. The van der Waals surface area contributed by atoms with Crippen molar-refractivity contribution in [1.29, 1.82) is 0 Å². The SMILES string of the molecule is C#CC(C)(C)NC(=O)CC1CC(=O)C(c2c(C)cc(-c3ccc(Br)cn3)cc2C)C1=O. The number of halogens is 1. The van der Waals surface area contributed by atoms with Gasteiger partial charge < -0.3 is 5.32 Å². The van der Waals surface area contributed by atoms with Gasteiger partial charge in [-0.3, -0.25) is 19.4 Å². The lowest BCUT2D eigenvalue weighted by Gasteiger charge is -2.20. The maximum Gasteiger partial charge on any atom is 0.221 e. The van der Waals surface area contributed by atoms with E-state index in [4.69, 9.17) is 6.42 Å². The Morgan fingerprint density at radius 2 is 1.90 bits per heavy atom. The summed E-state index contributed by atoms with van der Waals surface area (Å²) in [6.45, 7) is 7.23. The molecule has 0 aliphatic heterocycles. The third-order valence-electron chi connectivity index (χ3n) is 5.61. The Kier molecular flexibility index (Phi) is 6.47. The number of rotatable bonds is 5. The summed E-state index contributed by atoms with van der Waals surface area (Å²) >= 11 is 3.38. The first-order valence-electron chi connectivity index (χ1n) is 10.1. The van der Waals surface area contributed by atoms with Crippen molar-refractivity contribution in [3.63, 3.8) is 0 Å². The van der Waals surface area contributed by atoms with Crippen molar-refractivity contribution in [1.82, 2.24) is 10.3 Å². The molecule has 1 aromatic carbocycles. The van der Waals surface area contributed by atoms with Crippen molar-refractivity contribution in [2.75, 3.05) is 0 Å². The van der Waals surface area contributed by atoms with E-state index in [0.717, 1.165) is 32.4 Å². The molecule has 2 atom stereocenters. The minimum absolute atomic E-state index is 0.0365. The van der Waals surface area contributed by atoms with Crippen molar-refractivity contribution >= 4 is 33.4 Å². The Labute approximate surface area is 191 Å². The van der Waals surface area contributed by atoms with Gasteiger partial charge in [0, 0.05) is 35.0 Å². The van der Waals surface area contributed by atoms with Crippen LogP contribution in [0.5, 0.6) is 0 Å². The molecule has 31 heavy (non-hydrogen) atoms.